The molecular formula is C18H18N6O2S. The highest BCUT2D eigenvalue weighted by molar-refractivity contribution is 7.13. The van der Waals surface area contributed by atoms with Crippen molar-refractivity contribution >= 4 is 28.8 Å². The molecule has 27 heavy (non-hydrogen) atoms. The molecule has 0 atom stereocenters. The van der Waals surface area contributed by atoms with Crippen LogP contribution in [0.1, 0.15) is 18.4 Å². The molecule has 4 rings (SSSR count). The van der Waals surface area contributed by atoms with Crippen LogP contribution in [-0.4, -0.2) is 32.0 Å². The maximum absolute atomic E-state index is 12.1. The highest BCUT2D eigenvalue weighted by Crippen LogP contribution is 2.30. The molecule has 0 bridgehead atoms. The van der Waals surface area contributed by atoms with Gasteiger partial charge in [0.25, 0.3) is 0 Å². The molecule has 8 nitrogen and oxygen atoms in total. The van der Waals surface area contributed by atoms with Gasteiger partial charge in [-0.15, -0.1) is 21.5 Å². The summed E-state index contributed by atoms with van der Waals surface area (Å²) in [5.41, 5.74) is 1.65. The van der Waals surface area contributed by atoms with Crippen LogP contribution < -0.4 is 10.6 Å². The number of tetrazole rings is 1. The Morgan fingerprint density at radius 2 is 2.11 bits per heavy atom. The summed E-state index contributed by atoms with van der Waals surface area (Å²) in [5.74, 6) is 0.520. The van der Waals surface area contributed by atoms with E-state index in [1.165, 1.54) is 16.1 Å². The Morgan fingerprint density at radius 1 is 1.22 bits per heavy atom. The first-order valence-electron chi connectivity index (χ1n) is 8.65. The van der Waals surface area contributed by atoms with E-state index >= 15 is 0 Å². The number of thiophene rings is 1. The van der Waals surface area contributed by atoms with Gasteiger partial charge >= 0.3 is 0 Å². The molecule has 3 aromatic rings. The van der Waals surface area contributed by atoms with Gasteiger partial charge in [0, 0.05) is 18.2 Å². The molecule has 0 aliphatic heterocycles. The number of hydrogen-bond donors (Lipinski definition) is 2. The Balaban J connectivity index is 1.29. The molecule has 1 fully saturated rings. The van der Waals surface area contributed by atoms with E-state index in [9.17, 15) is 9.59 Å². The zero-order chi connectivity index (χ0) is 18.6. The average Bonchev–Trinajstić information content (AvgIpc) is 3.18. The van der Waals surface area contributed by atoms with Gasteiger partial charge in [0.1, 0.15) is 6.54 Å². The van der Waals surface area contributed by atoms with Crippen molar-refractivity contribution in [1.82, 2.24) is 25.5 Å². The Labute approximate surface area is 159 Å². The number of hydrogen-bond acceptors (Lipinski definition) is 6. The smallest absolute Gasteiger partial charge is 0.243 e. The van der Waals surface area contributed by atoms with Crippen LogP contribution in [0.5, 0.6) is 0 Å². The standard InChI is InChI=1S/C18H18N6O2S/c25-16(11-24-22-17(21-23-24)15-5-2-8-27-15)19-10-12-3-1-4-14(9-12)20-18(26)13-6-7-13/h1-5,8-9,13H,6-7,10-11H2,(H,19,25)(H,20,26). The lowest BCUT2D eigenvalue weighted by Crippen LogP contribution is -2.28. The molecule has 0 radical (unpaired) electrons. The van der Waals surface area contributed by atoms with E-state index in [2.05, 4.69) is 26.0 Å². The third-order valence-electron chi connectivity index (χ3n) is 4.11. The third kappa shape index (κ3) is 4.56. The highest BCUT2D eigenvalue weighted by Gasteiger charge is 2.29. The van der Waals surface area contributed by atoms with Crippen LogP contribution in [0.15, 0.2) is 41.8 Å². The van der Waals surface area contributed by atoms with Crippen LogP contribution in [0.3, 0.4) is 0 Å². The lowest BCUT2D eigenvalue weighted by molar-refractivity contribution is -0.122. The Bertz CT molecular complexity index is 948. The van der Waals surface area contributed by atoms with E-state index in [4.69, 9.17) is 0 Å². The topological polar surface area (TPSA) is 102 Å². The van der Waals surface area contributed by atoms with Gasteiger partial charge in [0.15, 0.2) is 0 Å². The van der Waals surface area contributed by atoms with Crippen LogP contribution in [-0.2, 0) is 22.7 Å². The third-order valence-corrected chi connectivity index (χ3v) is 4.98. The van der Waals surface area contributed by atoms with E-state index in [0.29, 0.717) is 12.4 Å². The lowest BCUT2D eigenvalue weighted by atomic mass is 10.2. The van der Waals surface area contributed by atoms with E-state index in [0.717, 1.165) is 29.0 Å². The SMILES string of the molecule is O=C(Cn1nnc(-c2cccs2)n1)NCc1cccc(NC(=O)C2CC2)c1. The number of nitrogens with one attached hydrogen (secondary N) is 2. The zero-order valence-electron chi connectivity index (χ0n) is 14.5. The molecule has 138 valence electrons. The fraction of sp³-hybridized carbons (Fsp3) is 0.278. The molecule has 9 heteroatoms. The number of carbonyl (C=O) groups is 2. The van der Waals surface area contributed by atoms with Crippen molar-refractivity contribution < 1.29 is 9.59 Å². The first kappa shape index (κ1) is 17.3. The second kappa shape index (κ2) is 7.67. The van der Waals surface area contributed by atoms with Gasteiger partial charge in [-0.1, -0.05) is 18.2 Å². The largest absolute Gasteiger partial charge is 0.350 e. The molecule has 0 unspecified atom stereocenters. The summed E-state index contributed by atoms with van der Waals surface area (Å²) in [6.07, 6.45) is 1.93. The highest BCUT2D eigenvalue weighted by atomic mass is 32.1. The number of anilines is 1. The molecule has 2 N–H and O–H groups in total. The van der Waals surface area contributed by atoms with Crippen molar-refractivity contribution in [2.45, 2.75) is 25.9 Å². The number of nitrogens with zero attached hydrogens (tertiary/aromatic N) is 4. The Hall–Kier alpha value is -3.07. The minimum Gasteiger partial charge on any atom is -0.350 e. The van der Waals surface area contributed by atoms with Crippen molar-refractivity contribution in [1.29, 1.82) is 0 Å². The maximum atomic E-state index is 12.1. The first-order valence-corrected chi connectivity index (χ1v) is 9.53. The summed E-state index contributed by atoms with van der Waals surface area (Å²) in [7, 11) is 0. The summed E-state index contributed by atoms with van der Waals surface area (Å²) < 4.78 is 0. The Morgan fingerprint density at radius 3 is 2.89 bits per heavy atom. The molecule has 0 spiro atoms. The van der Waals surface area contributed by atoms with Gasteiger partial charge in [0.05, 0.1) is 4.88 Å². The molecule has 2 amide bonds. The van der Waals surface area contributed by atoms with Gasteiger partial charge < -0.3 is 10.6 Å². The number of aromatic nitrogens is 4. The summed E-state index contributed by atoms with van der Waals surface area (Å²) in [5, 5.41) is 19.8. The molecule has 1 saturated carbocycles. The molecular weight excluding hydrogens is 364 g/mol. The summed E-state index contributed by atoms with van der Waals surface area (Å²) in [4.78, 5) is 26.2. The van der Waals surface area contributed by atoms with E-state index in [-0.39, 0.29) is 24.3 Å². The van der Waals surface area contributed by atoms with Crippen LogP contribution in [0.4, 0.5) is 5.69 Å². The first-order chi connectivity index (χ1) is 13.2. The summed E-state index contributed by atoms with van der Waals surface area (Å²) >= 11 is 1.52. The van der Waals surface area contributed by atoms with Crippen LogP contribution in [0.25, 0.3) is 10.7 Å². The molecule has 1 aromatic carbocycles. The monoisotopic (exact) mass is 382 g/mol. The Kier molecular flexibility index (Phi) is 4.93. The quantitative estimate of drug-likeness (QED) is 0.651. The molecule has 1 aliphatic carbocycles. The number of benzene rings is 1. The molecule has 0 saturated heterocycles. The molecule has 1 aliphatic rings. The van der Waals surface area contributed by atoms with Gasteiger partial charge in [-0.25, -0.2) is 0 Å². The number of amides is 2. The van der Waals surface area contributed by atoms with E-state index in [1.54, 1.807) is 0 Å². The van der Waals surface area contributed by atoms with Gasteiger partial charge in [0.2, 0.25) is 17.6 Å². The summed E-state index contributed by atoms with van der Waals surface area (Å²) in [6.45, 7) is 0.356. The number of carbonyl (C=O) groups excluding carboxylic acids is 2. The average molecular weight is 382 g/mol. The van der Waals surface area contributed by atoms with Gasteiger partial charge in [-0.05, 0) is 47.2 Å². The fourth-order valence-corrected chi connectivity index (χ4v) is 3.20. The number of rotatable bonds is 7. The molecule has 2 aromatic heterocycles. The normalized spacial score (nSPS) is 13.3. The minimum absolute atomic E-state index is 0.00349. The lowest BCUT2D eigenvalue weighted by Gasteiger charge is -2.08. The van der Waals surface area contributed by atoms with Gasteiger partial charge in [-0.2, -0.15) is 4.80 Å². The van der Waals surface area contributed by atoms with Crippen molar-refractivity contribution in [2.75, 3.05) is 5.32 Å². The van der Waals surface area contributed by atoms with Crippen molar-refractivity contribution in [3.8, 4) is 10.7 Å². The van der Waals surface area contributed by atoms with Crippen molar-refractivity contribution in [3.05, 3.63) is 47.3 Å². The van der Waals surface area contributed by atoms with Crippen molar-refractivity contribution in [3.63, 3.8) is 0 Å². The van der Waals surface area contributed by atoms with E-state index < -0.39 is 0 Å². The molecule has 2 heterocycles. The minimum atomic E-state index is -0.211. The fourth-order valence-electron chi connectivity index (χ4n) is 2.55. The van der Waals surface area contributed by atoms with Crippen LogP contribution in [0, 0.1) is 5.92 Å². The second-order valence-electron chi connectivity index (χ2n) is 6.36. The van der Waals surface area contributed by atoms with Crippen LogP contribution in [0.2, 0.25) is 0 Å². The predicted octanol–water partition coefficient (Wildman–Crippen LogP) is 2.07. The van der Waals surface area contributed by atoms with Crippen molar-refractivity contribution in [2.24, 2.45) is 5.92 Å². The van der Waals surface area contributed by atoms with E-state index in [1.807, 2.05) is 41.8 Å². The zero-order valence-corrected chi connectivity index (χ0v) is 15.3. The van der Waals surface area contributed by atoms with Crippen LogP contribution >= 0.6 is 11.3 Å². The maximum Gasteiger partial charge on any atom is 0.243 e. The predicted molar refractivity (Wildman–Crippen MR) is 101 cm³/mol. The summed E-state index contributed by atoms with van der Waals surface area (Å²) in [6, 6.07) is 11.3. The second-order valence-corrected chi connectivity index (χ2v) is 7.31. The van der Waals surface area contributed by atoms with Gasteiger partial charge in [-0.3, -0.25) is 9.59 Å².